The summed E-state index contributed by atoms with van der Waals surface area (Å²) in [5.74, 6) is 1.22. The predicted molar refractivity (Wildman–Crippen MR) is 162 cm³/mol. The lowest BCUT2D eigenvalue weighted by molar-refractivity contribution is -0.116. The Kier molecular flexibility index (Phi) is 9.56. The maximum absolute atomic E-state index is 13.7. The van der Waals surface area contributed by atoms with Gasteiger partial charge < -0.3 is 20.0 Å². The molecule has 0 aliphatic carbocycles. The van der Waals surface area contributed by atoms with E-state index in [-0.39, 0.29) is 6.04 Å². The van der Waals surface area contributed by atoms with Crippen molar-refractivity contribution in [3.63, 3.8) is 0 Å². The number of carbonyl (C=O) groups excluding carboxylic acids is 1. The number of rotatable bonds is 12. The molecule has 10 heteroatoms. The van der Waals surface area contributed by atoms with Gasteiger partial charge >= 0.3 is 0 Å². The van der Waals surface area contributed by atoms with Crippen LogP contribution in [0.1, 0.15) is 61.5 Å². The van der Waals surface area contributed by atoms with Crippen molar-refractivity contribution in [3.8, 4) is 11.5 Å². The Labute approximate surface area is 244 Å². The second-order valence-electron chi connectivity index (χ2n) is 10.6. The second-order valence-corrected chi connectivity index (χ2v) is 12.7. The van der Waals surface area contributed by atoms with Crippen LogP contribution in [0.25, 0.3) is 0 Å². The van der Waals surface area contributed by atoms with E-state index in [2.05, 4.69) is 20.4 Å². The first kappa shape index (κ1) is 30.7. The highest BCUT2D eigenvalue weighted by molar-refractivity contribution is 7.89. The molecule has 2 atom stereocenters. The SMILES string of the molecule is C=CC(c1cccc(CN)c1)S(=O)(=O)N1CCC(N2N=C(c3ccc(OC)c(OC)c3)C(CC)(CC)C2C=O)CC1. The molecule has 222 valence electrons. The summed E-state index contributed by atoms with van der Waals surface area (Å²) in [6, 6.07) is 12.5. The van der Waals surface area contributed by atoms with Crippen LogP contribution in [0.2, 0.25) is 0 Å². The average Bonchev–Trinajstić information content (AvgIpc) is 3.35. The van der Waals surface area contributed by atoms with Gasteiger partial charge in [0.25, 0.3) is 0 Å². The third-order valence-corrected chi connectivity index (χ3v) is 11.0. The normalized spacial score (nSPS) is 20.4. The lowest BCUT2D eigenvalue weighted by Crippen LogP contribution is -2.51. The molecule has 0 radical (unpaired) electrons. The van der Waals surface area contributed by atoms with Gasteiger partial charge in [-0.3, -0.25) is 5.01 Å². The van der Waals surface area contributed by atoms with Crippen molar-refractivity contribution in [2.75, 3.05) is 27.3 Å². The fourth-order valence-electron chi connectivity index (χ4n) is 6.35. The van der Waals surface area contributed by atoms with Crippen LogP contribution in [0.15, 0.2) is 60.2 Å². The molecule has 0 amide bonds. The van der Waals surface area contributed by atoms with Gasteiger partial charge in [0.2, 0.25) is 10.0 Å². The number of nitrogens with zero attached hydrogens (tertiary/aromatic N) is 3. The van der Waals surface area contributed by atoms with Crippen molar-refractivity contribution in [3.05, 3.63) is 71.8 Å². The van der Waals surface area contributed by atoms with E-state index in [1.165, 1.54) is 6.08 Å². The summed E-state index contributed by atoms with van der Waals surface area (Å²) >= 11 is 0. The molecular formula is C31H42N4O5S. The minimum absolute atomic E-state index is 0.0745. The number of methoxy groups -OCH3 is 2. The summed E-state index contributed by atoms with van der Waals surface area (Å²) in [6.45, 7) is 9.01. The van der Waals surface area contributed by atoms with Crippen molar-refractivity contribution in [1.29, 1.82) is 0 Å². The number of benzene rings is 2. The van der Waals surface area contributed by atoms with Gasteiger partial charge in [-0.25, -0.2) is 12.7 Å². The summed E-state index contributed by atoms with van der Waals surface area (Å²) < 4.78 is 39.9. The fourth-order valence-corrected chi connectivity index (χ4v) is 8.13. The Hall–Kier alpha value is -3.21. The van der Waals surface area contributed by atoms with Crippen LogP contribution in [0.4, 0.5) is 0 Å². The first-order valence-corrected chi connectivity index (χ1v) is 15.7. The molecule has 2 unspecified atom stereocenters. The Morgan fingerprint density at radius 1 is 1.10 bits per heavy atom. The van der Waals surface area contributed by atoms with Crippen LogP contribution in [0, 0.1) is 5.41 Å². The van der Waals surface area contributed by atoms with E-state index in [0.29, 0.717) is 49.5 Å². The molecule has 4 rings (SSSR count). The van der Waals surface area contributed by atoms with E-state index >= 15 is 0 Å². The van der Waals surface area contributed by atoms with E-state index in [9.17, 15) is 13.2 Å². The topological polar surface area (TPSA) is 115 Å². The molecule has 1 saturated heterocycles. The smallest absolute Gasteiger partial charge is 0.224 e. The third kappa shape index (κ3) is 5.52. The number of carbonyl (C=O) groups is 1. The van der Waals surface area contributed by atoms with Gasteiger partial charge in [0, 0.05) is 30.6 Å². The highest BCUT2D eigenvalue weighted by Gasteiger charge is 2.51. The number of hydrazone groups is 1. The molecular weight excluding hydrogens is 540 g/mol. The maximum Gasteiger partial charge on any atom is 0.224 e. The van der Waals surface area contributed by atoms with Crippen LogP contribution < -0.4 is 15.2 Å². The largest absolute Gasteiger partial charge is 0.493 e. The highest BCUT2D eigenvalue weighted by atomic mass is 32.2. The van der Waals surface area contributed by atoms with Crippen molar-refractivity contribution < 1.29 is 22.7 Å². The first-order chi connectivity index (χ1) is 19.7. The van der Waals surface area contributed by atoms with Crippen LogP contribution in [-0.4, -0.2) is 69.1 Å². The van der Waals surface area contributed by atoms with E-state index in [1.807, 2.05) is 41.4 Å². The van der Waals surface area contributed by atoms with Crippen LogP contribution in [0.5, 0.6) is 11.5 Å². The Morgan fingerprint density at radius 3 is 2.34 bits per heavy atom. The molecule has 0 aromatic heterocycles. The summed E-state index contributed by atoms with van der Waals surface area (Å²) in [5, 5.41) is 6.17. The summed E-state index contributed by atoms with van der Waals surface area (Å²) in [5.41, 5.74) is 8.57. The lowest BCUT2D eigenvalue weighted by Gasteiger charge is -2.41. The molecule has 0 saturated carbocycles. The van der Waals surface area contributed by atoms with Gasteiger partial charge in [-0.15, -0.1) is 6.58 Å². The zero-order valence-electron chi connectivity index (χ0n) is 24.5. The van der Waals surface area contributed by atoms with Crippen molar-refractivity contribution >= 4 is 22.0 Å². The molecule has 2 aromatic carbocycles. The molecule has 2 aliphatic heterocycles. The molecule has 1 fully saturated rings. The molecule has 41 heavy (non-hydrogen) atoms. The van der Waals surface area contributed by atoms with E-state index < -0.39 is 26.7 Å². The molecule has 0 spiro atoms. The summed E-state index contributed by atoms with van der Waals surface area (Å²) in [6.07, 6.45) is 5.06. The summed E-state index contributed by atoms with van der Waals surface area (Å²) in [4.78, 5) is 12.7. The van der Waals surface area contributed by atoms with Crippen LogP contribution >= 0.6 is 0 Å². The monoisotopic (exact) mass is 582 g/mol. The quantitative estimate of drug-likeness (QED) is 0.294. The minimum atomic E-state index is -3.69. The number of sulfonamides is 1. The molecule has 2 aromatic rings. The first-order valence-electron chi connectivity index (χ1n) is 14.2. The molecule has 2 N–H and O–H groups in total. The minimum Gasteiger partial charge on any atom is -0.493 e. The standard InChI is InChI=1S/C31H42N4O5S/c1-6-28(23-11-9-10-22(18-23)20-32)41(37,38)34-16-14-25(15-17-34)35-29(21-36)31(7-2,8-3)30(33-35)24-12-13-26(39-4)27(19-24)40-5/h6,9-13,18-19,21,25,28-29H,1,7-8,14-17,20,32H2,2-5H3. The number of hydrogen-bond donors (Lipinski definition) is 1. The Morgan fingerprint density at radius 2 is 1.78 bits per heavy atom. The van der Waals surface area contributed by atoms with Gasteiger partial charge in [0.05, 0.1) is 26.0 Å². The van der Waals surface area contributed by atoms with Crippen molar-refractivity contribution in [2.24, 2.45) is 16.3 Å². The van der Waals surface area contributed by atoms with Crippen molar-refractivity contribution in [2.45, 2.75) is 63.4 Å². The van der Waals surface area contributed by atoms with Gasteiger partial charge in [0.1, 0.15) is 17.6 Å². The zero-order chi connectivity index (χ0) is 29.8. The van der Waals surface area contributed by atoms with E-state index in [4.69, 9.17) is 20.3 Å². The summed E-state index contributed by atoms with van der Waals surface area (Å²) in [7, 11) is -0.502. The average molecular weight is 583 g/mol. The predicted octanol–water partition coefficient (Wildman–Crippen LogP) is 4.28. The van der Waals surface area contributed by atoms with Gasteiger partial charge in [-0.1, -0.05) is 44.2 Å². The Bertz CT molecular complexity index is 1380. The molecule has 2 aliphatic rings. The number of aldehydes is 1. The van der Waals surface area contributed by atoms with E-state index in [1.54, 1.807) is 24.6 Å². The number of hydrogen-bond acceptors (Lipinski definition) is 8. The van der Waals surface area contributed by atoms with Gasteiger partial charge in [-0.05, 0) is 55.0 Å². The lowest BCUT2D eigenvalue weighted by atomic mass is 9.70. The van der Waals surface area contributed by atoms with Crippen molar-refractivity contribution in [1.82, 2.24) is 9.31 Å². The second kappa shape index (κ2) is 12.8. The van der Waals surface area contributed by atoms with Crippen LogP contribution in [-0.2, 0) is 21.4 Å². The molecule has 9 nitrogen and oxygen atoms in total. The molecule has 2 heterocycles. The third-order valence-electron chi connectivity index (χ3n) is 8.79. The zero-order valence-corrected chi connectivity index (χ0v) is 25.3. The highest BCUT2D eigenvalue weighted by Crippen LogP contribution is 2.45. The molecule has 0 bridgehead atoms. The van der Waals surface area contributed by atoms with Gasteiger partial charge in [0.15, 0.2) is 11.5 Å². The van der Waals surface area contributed by atoms with Gasteiger partial charge in [-0.2, -0.15) is 5.10 Å². The van der Waals surface area contributed by atoms with E-state index in [0.717, 1.165) is 36.0 Å². The van der Waals surface area contributed by atoms with Crippen LogP contribution in [0.3, 0.4) is 0 Å². The number of ether oxygens (including phenoxy) is 2. The number of piperidine rings is 1. The number of nitrogens with two attached hydrogens (primary N) is 1. The fraction of sp³-hybridized carbons (Fsp3) is 0.484. The Balaban J connectivity index is 1.60. The maximum atomic E-state index is 13.7.